The molecule has 27 heteroatoms. The van der Waals surface area contributed by atoms with Gasteiger partial charge in [0.05, 0.1) is 59.2 Å². The molecule has 0 spiro atoms. The van der Waals surface area contributed by atoms with Crippen molar-refractivity contribution in [2.45, 2.75) is 108 Å². The maximum absolute atomic E-state index is 12.8. The van der Waals surface area contributed by atoms with Gasteiger partial charge < -0.3 is 15.3 Å². The number of halogens is 6. The van der Waals surface area contributed by atoms with E-state index >= 15 is 0 Å². The molecule has 1 unspecified atom stereocenters. The number of H-pyrrole nitrogens is 3. The molecule has 0 saturated carbocycles. The van der Waals surface area contributed by atoms with E-state index in [0.29, 0.717) is 42.2 Å². The van der Waals surface area contributed by atoms with Crippen molar-refractivity contribution in [3.05, 3.63) is 149 Å². The standard InChI is InChI=1S/C15H14Cl2N2O5S.C15H14Cl2N2O4S.C15H14Cl2N2O3S/c1-7(2)9-6-12(18-19-15(9)22)25(23,24)14-10(16)3-8(4-11(14)17)5-13(20)21;1-7(2)9-6-12(18-19-15(9)22)24(23)14-10(16)3-8(4-11(14)17)5-13(20)21;1-7(2)9-6-12(18-19-15(9)22)23-14-10(16)3-8(4-11(14)17)5-13(20)21/h3-4,6-7H,5H2,1-2H3,(H,19,22)(H,20,21);3-4,6-7H,5H2,1-2H3,(H,19,22)(H,20,21);3-4,6-7H,5H2,1-2H3,(H,19,22)(H,20,21). The molecular weight excluding hydrogens is 1130 g/mol. The molecule has 384 valence electrons. The molecule has 0 aliphatic heterocycles. The van der Waals surface area contributed by atoms with E-state index in [1.807, 2.05) is 27.7 Å². The van der Waals surface area contributed by atoms with Gasteiger partial charge in [0.2, 0.25) is 9.84 Å². The van der Waals surface area contributed by atoms with Crippen LogP contribution in [0.25, 0.3) is 0 Å². The molecule has 0 bridgehead atoms. The van der Waals surface area contributed by atoms with E-state index < -0.39 is 49.1 Å². The van der Waals surface area contributed by atoms with Gasteiger partial charge in [-0.05, 0) is 89.0 Å². The quantitative estimate of drug-likeness (QED) is 0.0557. The molecule has 6 aromatic rings. The molecule has 3 aromatic carbocycles. The number of aromatic amines is 3. The molecule has 0 fully saturated rings. The smallest absolute Gasteiger partial charge is 0.307 e. The van der Waals surface area contributed by atoms with Crippen molar-refractivity contribution in [3.8, 4) is 0 Å². The number of nitrogens with one attached hydrogen (secondary N) is 3. The Kier molecular flexibility index (Phi) is 21.2. The average molecular weight is 1170 g/mol. The lowest BCUT2D eigenvalue weighted by atomic mass is 10.1. The van der Waals surface area contributed by atoms with Crippen LogP contribution in [-0.4, -0.2) is 76.4 Å². The second-order valence-corrected chi connectivity index (χ2v) is 22.9. The lowest BCUT2D eigenvalue weighted by Crippen LogP contribution is -2.19. The van der Waals surface area contributed by atoms with Crippen LogP contribution in [0.5, 0.6) is 0 Å². The van der Waals surface area contributed by atoms with Gasteiger partial charge in [0.25, 0.3) is 16.7 Å². The molecule has 0 radical (unpaired) electrons. The fraction of sp³-hybridized carbons (Fsp3) is 0.267. The Bertz CT molecular complexity index is 3320. The van der Waals surface area contributed by atoms with Crippen molar-refractivity contribution in [2.75, 3.05) is 0 Å². The monoisotopic (exact) mass is 1160 g/mol. The van der Waals surface area contributed by atoms with Gasteiger partial charge in [-0.2, -0.15) is 15.3 Å². The van der Waals surface area contributed by atoms with Crippen LogP contribution < -0.4 is 16.7 Å². The Balaban J connectivity index is 0.000000235. The van der Waals surface area contributed by atoms with Crippen LogP contribution in [-0.2, 0) is 54.3 Å². The number of nitrogens with zero attached hydrogens (tertiary/aromatic N) is 3. The highest BCUT2D eigenvalue weighted by Crippen LogP contribution is 2.39. The molecule has 3 heterocycles. The van der Waals surface area contributed by atoms with Crippen molar-refractivity contribution in [1.82, 2.24) is 30.6 Å². The molecular formula is C45H42Cl6N6O12S3. The minimum Gasteiger partial charge on any atom is -0.481 e. The van der Waals surface area contributed by atoms with Crippen molar-refractivity contribution >= 4 is 120 Å². The third-order valence-corrected chi connectivity index (χ3v) is 16.3. The fourth-order valence-corrected chi connectivity index (χ4v) is 12.3. The number of hydrogen-bond acceptors (Lipinski definition) is 13. The Hall–Kier alpha value is -5.10. The van der Waals surface area contributed by atoms with Crippen LogP contribution in [0.3, 0.4) is 0 Å². The molecule has 6 N–H and O–H groups in total. The number of benzene rings is 3. The van der Waals surface area contributed by atoms with Crippen molar-refractivity contribution in [2.24, 2.45) is 0 Å². The Labute approximate surface area is 447 Å². The summed E-state index contributed by atoms with van der Waals surface area (Å²) in [6.07, 6.45) is -0.756. The summed E-state index contributed by atoms with van der Waals surface area (Å²) in [6, 6.07) is 12.7. The largest absolute Gasteiger partial charge is 0.481 e. The molecule has 72 heavy (non-hydrogen) atoms. The first kappa shape index (κ1) is 59.5. The topological polar surface area (TPSA) is 300 Å². The fourth-order valence-electron chi connectivity index (χ4n) is 6.29. The number of aliphatic carboxylic acids is 3. The summed E-state index contributed by atoms with van der Waals surface area (Å²) < 4.78 is 38.4. The van der Waals surface area contributed by atoms with E-state index in [9.17, 15) is 41.4 Å². The second-order valence-electron chi connectivity index (χ2n) is 16.2. The summed E-state index contributed by atoms with van der Waals surface area (Å²) in [6.45, 7) is 11.0. The number of carboxylic acids is 3. The maximum Gasteiger partial charge on any atom is 0.307 e. The van der Waals surface area contributed by atoms with Crippen LogP contribution in [0, 0.1) is 0 Å². The number of carboxylic acid groups (broad SMARTS) is 3. The average Bonchev–Trinajstić information content (AvgIpc) is 3.24. The van der Waals surface area contributed by atoms with Gasteiger partial charge in [-0.25, -0.2) is 27.9 Å². The van der Waals surface area contributed by atoms with Gasteiger partial charge >= 0.3 is 17.9 Å². The zero-order valence-electron chi connectivity index (χ0n) is 38.4. The van der Waals surface area contributed by atoms with Crippen LogP contribution in [0.15, 0.2) is 98.7 Å². The SMILES string of the molecule is CC(C)c1cc(S(=O)(=O)c2c(Cl)cc(CC(=O)O)cc2Cl)n[nH]c1=O.CC(C)c1cc(S(=O)c2c(Cl)cc(CC(=O)O)cc2Cl)n[nH]c1=O.CC(C)c1cc(Sc2c(Cl)cc(CC(=O)O)cc2Cl)n[nH]c1=O. The van der Waals surface area contributed by atoms with Crippen LogP contribution in [0.2, 0.25) is 30.1 Å². The molecule has 0 amide bonds. The zero-order chi connectivity index (χ0) is 54.1. The normalized spacial score (nSPS) is 11.7. The molecule has 0 aliphatic rings. The Morgan fingerprint density at radius 1 is 0.556 bits per heavy atom. The number of carbonyl (C=O) groups is 3. The number of sulfone groups is 1. The first-order valence-corrected chi connectivity index (χ1v) is 26.5. The molecule has 0 saturated heterocycles. The van der Waals surface area contributed by atoms with Crippen molar-refractivity contribution in [1.29, 1.82) is 0 Å². The third kappa shape index (κ3) is 15.7. The highest BCUT2D eigenvalue weighted by molar-refractivity contribution is 7.99. The summed E-state index contributed by atoms with van der Waals surface area (Å²) >= 11 is 37.9. The van der Waals surface area contributed by atoms with E-state index in [-0.39, 0.29) is 94.2 Å². The second kappa shape index (κ2) is 25.7. The lowest BCUT2D eigenvalue weighted by molar-refractivity contribution is -0.137. The lowest BCUT2D eigenvalue weighted by Gasteiger charge is -2.11. The zero-order valence-corrected chi connectivity index (χ0v) is 45.4. The van der Waals surface area contributed by atoms with E-state index in [1.165, 1.54) is 48.2 Å². The Morgan fingerprint density at radius 3 is 1.33 bits per heavy atom. The number of hydrogen-bond donors (Lipinski definition) is 6. The van der Waals surface area contributed by atoms with Crippen LogP contribution in [0.4, 0.5) is 0 Å². The summed E-state index contributed by atoms with van der Waals surface area (Å²) in [5.41, 5.74) is 1.45. The van der Waals surface area contributed by atoms with Gasteiger partial charge in [-0.3, -0.25) is 28.8 Å². The summed E-state index contributed by atoms with van der Waals surface area (Å²) in [4.78, 5) is 67.8. The minimum absolute atomic E-state index is 0.0602. The van der Waals surface area contributed by atoms with E-state index in [1.54, 1.807) is 32.0 Å². The van der Waals surface area contributed by atoms with Gasteiger partial charge in [0.1, 0.15) is 20.7 Å². The van der Waals surface area contributed by atoms with Gasteiger partial charge in [0, 0.05) is 16.7 Å². The van der Waals surface area contributed by atoms with Crippen molar-refractivity contribution in [3.63, 3.8) is 0 Å². The van der Waals surface area contributed by atoms with Crippen molar-refractivity contribution < 1.29 is 42.3 Å². The van der Waals surface area contributed by atoms with E-state index in [2.05, 4.69) is 30.6 Å². The van der Waals surface area contributed by atoms with Gasteiger partial charge in [0.15, 0.2) is 10.1 Å². The third-order valence-electron chi connectivity index (χ3n) is 9.66. The van der Waals surface area contributed by atoms with Gasteiger partial charge in [-0.1, -0.05) is 123 Å². The summed E-state index contributed by atoms with van der Waals surface area (Å²) in [7, 11) is -6.03. The predicted molar refractivity (Wildman–Crippen MR) is 274 cm³/mol. The summed E-state index contributed by atoms with van der Waals surface area (Å²) in [5.74, 6) is -3.32. The first-order chi connectivity index (χ1) is 33.5. The minimum atomic E-state index is -4.21. The molecule has 18 nitrogen and oxygen atoms in total. The highest BCUT2D eigenvalue weighted by Gasteiger charge is 2.28. The molecule has 3 aromatic heterocycles. The van der Waals surface area contributed by atoms with E-state index in [0.717, 1.165) is 0 Å². The predicted octanol–water partition coefficient (Wildman–Crippen LogP) is 9.63. The van der Waals surface area contributed by atoms with Crippen LogP contribution >= 0.6 is 81.4 Å². The van der Waals surface area contributed by atoms with Crippen LogP contribution in [0.1, 0.15) is 92.7 Å². The first-order valence-electron chi connectivity index (χ1n) is 20.7. The number of rotatable bonds is 15. The van der Waals surface area contributed by atoms with E-state index in [4.69, 9.17) is 84.9 Å². The Morgan fingerprint density at radius 2 is 0.917 bits per heavy atom. The maximum atomic E-state index is 12.8. The van der Waals surface area contributed by atoms with Gasteiger partial charge in [-0.15, -0.1) is 0 Å². The highest BCUT2D eigenvalue weighted by atomic mass is 35.5. The number of aromatic nitrogens is 6. The summed E-state index contributed by atoms with van der Waals surface area (Å²) in [5, 5.41) is 45.5. The molecule has 0 aliphatic carbocycles. The molecule has 1 atom stereocenters. The molecule has 6 rings (SSSR count).